The van der Waals surface area contributed by atoms with Crippen molar-refractivity contribution in [2.75, 3.05) is 13.7 Å². The third kappa shape index (κ3) is 5.24. The Balaban J connectivity index is 2.01. The number of hydrazone groups is 1. The molecule has 130 valence electrons. The van der Waals surface area contributed by atoms with Gasteiger partial charge in [-0.1, -0.05) is 0 Å². The van der Waals surface area contributed by atoms with E-state index in [1.807, 2.05) is 0 Å². The van der Waals surface area contributed by atoms with Crippen molar-refractivity contribution in [3.63, 3.8) is 0 Å². The molecule has 2 aromatic rings. The number of nitrogens with two attached hydrogens (primary N) is 1. The molecule has 2 rings (SSSR count). The van der Waals surface area contributed by atoms with Crippen LogP contribution in [0, 0.1) is 0 Å². The standard InChI is InChI=1S/C17H17N3O5/c1-24-15-8-11(2-7-14(15)25-10-16(18)22)9-19-20-17(23)12-3-5-13(21)6-4-12/h2-9,21H,10H2,1H3,(H2,18,22)(H,20,23)/b19-9-. The van der Waals surface area contributed by atoms with Gasteiger partial charge in [0.1, 0.15) is 5.75 Å². The number of benzene rings is 2. The monoisotopic (exact) mass is 343 g/mol. The lowest BCUT2D eigenvalue weighted by atomic mass is 10.2. The van der Waals surface area contributed by atoms with Crippen LogP contribution in [0.1, 0.15) is 15.9 Å². The number of carbonyl (C=O) groups excluding carboxylic acids is 2. The molecule has 8 heteroatoms. The van der Waals surface area contributed by atoms with Crippen molar-refractivity contribution in [1.82, 2.24) is 5.43 Å². The average molecular weight is 343 g/mol. The zero-order chi connectivity index (χ0) is 18.2. The van der Waals surface area contributed by atoms with Crippen molar-refractivity contribution in [2.24, 2.45) is 10.8 Å². The molecule has 0 aliphatic rings. The summed E-state index contributed by atoms with van der Waals surface area (Å²) in [5.74, 6) is -0.165. The highest BCUT2D eigenvalue weighted by atomic mass is 16.5. The first kappa shape index (κ1) is 17.8. The summed E-state index contributed by atoms with van der Waals surface area (Å²) < 4.78 is 10.4. The molecule has 0 heterocycles. The molecule has 0 saturated carbocycles. The molecule has 0 aliphatic carbocycles. The first-order valence-electron chi connectivity index (χ1n) is 7.21. The Morgan fingerprint density at radius 1 is 1.20 bits per heavy atom. The number of carbonyl (C=O) groups is 2. The van der Waals surface area contributed by atoms with Crippen LogP contribution in [-0.4, -0.2) is 36.9 Å². The predicted octanol–water partition coefficient (Wildman–Crippen LogP) is 1.03. The minimum Gasteiger partial charge on any atom is -0.508 e. The summed E-state index contributed by atoms with van der Waals surface area (Å²) in [6, 6.07) is 10.7. The third-order valence-corrected chi connectivity index (χ3v) is 3.07. The lowest BCUT2D eigenvalue weighted by Crippen LogP contribution is -2.20. The molecule has 0 spiro atoms. The van der Waals surface area contributed by atoms with Crippen molar-refractivity contribution < 1.29 is 24.2 Å². The van der Waals surface area contributed by atoms with Gasteiger partial charge in [0.05, 0.1) is 13.3 Å². The quantitative estimate of drug-likeness (QED) is 0.512. The van der Waals surface area contributed by atoms with Gasteiger partial charge in [0, 0.05) is 5.56 Å². The summed E-state index contributed by atoms with van der Waals surface area (Å²) in [4.78, 5) is 22.6. The molecule has 0 radical (unpaired) electrons. The van der Waals surface area contributed by atoms with Crippen molar-refractivity contribution in [2.45, 2.75) is 0 Å². The molecule has 0 aromatic heterocycles. The zero-order valence-corrected chi connectivity index (χ0v) is 13.4. The molecular formula is C17H17N3O5. The molecule has 0 atom stereocenters. The van der Waals surface area contributed by atoms with Gasteiger partial charge in [-0.15, -0.1) is 0 Å². The number of phenolic OH excluding ortho intramolecular Hbond substituents is 1. The smallest absolute Gasteiger partial charge is 0.271 e. The largest absolute Gasteiger partial charge is 0.508 e. The number of nitrogens with one attached hydrogen (secondary N) is 1. The van der Waals surface area contributed by atoms with E-state index in [9.17, 15) is 14.7 Å². The van der Waals surface area contributed by atoms with Gasteiger partial charge in [-0.2, -0.15) is 5.10 Å². The van der Waals surface area contributed by atoms with E-state index in [4.69, 9.17) is 15.2 Å². The summed E-state index contributed by atoms with van der Waals surface area (Å²) in [7, 11) is 1.46. The Hall–Kier alpha value is -3.55. The maximum atomic E-state index is 11.9. The Bertz CT molecular complexity index is 787. The van der Waals surface area contributed by atoms with E-state index in [1.54, 1.807) is 18.2 Å². The van der Waals surface area contributed by atoms with Gasteiger partial charge in [0.15, 0.2) is 18.1 Å². The molecule has 4 N–H and O–H groups in total. The van der Waals surface area contributed by atoms with Crippen molar-refractivity contribution in [3.05, 3.63) is 53.6 Å². The number of hydrogen-bond acceptors (Lipinski definition) is 6. The number of rotatable bonds is 7. The number of ether oxygens (including phenoxy) is 2. The van der Waals surface area contributed by atoms with Gasteiger partial charge in [-0.05, 0) is 48.0 Å². The second kappa shape index (κ2) is 8.34. The van der Waals surface area contributed by atoms with E-state index in [1.165, 1.54) is 37.6 Å². The van der Waals surface area contributed by atoms with Crippen LogP contribution in [0.5, 0.6) is 17.2 Å². The van der Waals surface area contributed by atoms with Crippen LogP contribution in [0.2, 0.25) is 0 Å². The highest BCUT2D eigenvalue weighted by Crippen LogP contribution is 2.27. The second-order valence-electron chi connectivity index (χ2n) is 4.91. The fraction of sp³-hybridized carbons (Fsp3) is 0.118. The van der Waals surface area contributed by atoms with Crippen LogP contribution in [0.4, 0.5) is 0 Å². The summed E-state index contributed by atoms with van der Waals surface area (Å²) >= 11 is 0. The Morgan fingerprint density at radius 2 is 1.92 bits per heavy atom. The number of phenols is 1. The minimum atomic E-state index is -0.593. The van der Waals surface area contributed by atoms with Crippen LogP contribution < -0.4 is 20.6 Å². The van der Waals surface area contributed by atoms with Gasteiger partial charge < -0.3 is 20.3 Å². The topological polar surface area (TPSA) is 123 Å². The van der Waals surface area contributed by atoms with Gasteiger partial charge in [-0.25, -0.2) is 5.43 Å². The maximum absolute atomic E-state index is 11.9. The van der Waals surface area contributed by atoms with E-state index in [2.05, 4.69) is 10.5 Å². The summed E-state index contributed by atoms with van der Waals surface area (Å²) in [5, 5.41) is 13.1. The Morgan fingerprint density at radius 3 is 2.56 bits per heavy atom. The van der Waals surface area contributed by atoms with Crippen molar-refractivity contribution in [1.29, 1.82) is 0 Å². The minimum absolute atomic E-state index is 0.0748. The second-order valence-corrected chi connectivity index (χ2v) is 4.91. The van der Waals surface area contributed by atoms with Crippen LogP contribution in [-0.2, 0) is 4.79 Å². The van der Waals surface area contributed by atoms with Crippen LogP contribution in [0.15, 0.2) is 47.6 Å². The number of amides is 2. The van der Waals surface area contributed by atoms with Gasteiger partial charge in [0.25, 0.3) is 11.8 Å². The van der Waals surface area contributed by atoms with E-state index < -0.39 is 11.8 Å². The van der Waals surface area contributed by atoms with Crippen molar-refractivity contribution >= 4 is 18.0 Å². The van der Waals surface area contributed by atoms with Gasteiger partial charge in [-0.3, -0.25) is 9.59 Å². The molecule has 2 amide bonds. The molecule has 0 aliphatic heterocycles. The zero-order valence-electron chi connectivity index (χ0n) is 13.4. The molecule has 0 unspecified atom stereocenters. The van der Waals surface area contributed by atoms with E-state index in [0.717, 1.165) is 0 Å². The van der Waals surface area contributed by atoms with Crippen LogP contribution >= 0.6 is 0 Å². The summed E-state index contributed by atoms with van der Waals surface area (Å²) in [6.07, 6.45) is 1.43. The molecule has 0 bridgehead atoms. The predicted molar refractivity (Wildman–Crippen MR) is 90.9 cm³/mol. The summed E-state index contributed by atoms with van der Waals surface area (Å²) in [5.41, 5.74) is 8.42. The summed E-state index contributed by atoms with van der Waals surface area (Å²) in [6.45, 7) is -0.257. The average Bonchev–Trinajstić information content (AvgIpc) is 2.60. The Labute approximate surface area is 143 Å². The van der Waals surface area contributed by atoms with Crippen LogP contribution in [0.25, 0.3) is 0 Å². The molecule has 0 saturated heterocycles. The van der Waals surface area contributed by atoms with Crippen LogP contribution in [0.3, 0.4) is 0 Å². The van der Waals surface area contributed by atoms with Crippen molar-refractivity contribution in [3.8, 4) is 17.2 Å². The molecule has 0 fully saturated rings. The van der Waals surface area contributed by atoms with Gasteiger partial charge >= 0.3 is 0 Å². The number of aromatic hydroxyl groups is 1. The SMILES string of the molecule is COc1cc(/C=N\NC(=O)c2ccc(O)cc2)ccc1OCC(N)=O. The Kier molecular flexibility index (Phi) is 5.94. The highest BCUT2D eigenvalue weighted by molar-refractivity contribution is 5.95. The number of methoxy groups -OCH3 is 1. The number of hydrogen-bond donors (Lipinski definition) is 3. The molecule has 8 nitrogen and oxygen atoms in total. The number of primary amides is 1. The first-order chi connectivity index (χ1) is 12.0. The normalized spacial score (nSPS) is 10.4. The fourth-order valence-electron chi connectivity index (χ4n) is 1.88. The van der Waals surface area contributed by atoms with E-state index in [0.29, 0.717) is 22.6 Å². The van der Waals surface area contributed by atoms with E-state index in [-0.39, 0.29) is 12.4 Å². The molecule has 25 heavy (non-hydrogen) atoms. The van der Waals surface area contributed by atoms with E-state index >= 15 is 0 Å². The first-order valence-corrected chi connectivity index (χ1v) is 7.21. The maximum Gasteiger partial charge on any atom is 0.271 e. The number of nitrogens with zero attached hydrogens (tertiary/aromatic N) is 1. The fourth-order valence-corrected chi connectivity index (χ4v) is 1.88. The van der Waals surface area contributed by atoms with Gasteiger partial charge in [0.2, 0.25) is 0 Å². The molecular weight excluding hydrogens is 326 g/mol. The lowest BCUT2D eigenvalue weighted by molar-refractivity contribution is -0.119. The highest BCUT2D eigenvalue weighted by Gasteiger charge is 2.07. The lowest BCUT2D eigenvalue weighted by Gasteiger charge is -2.09. The molecule has 2 aromatic carbocycles. The third-order valence-electron chi connectivity index (χ3n) is 3.07.